The number of fused-ring (bicyclic) bond motifs is 4. The lowest BCUT2D eigenvalue weighted by Gasteiger charge is -2.30. The number of aliphatic imine (C=N–C) groups is 1. The van der Waals surface area contributed by atoms with Crippen molar-refractivity contribution in [3.63, 3.8) is 0 Å². The fourth-order valence-electron chi connectivity index (χ4n) is 6.34. The standard InChI is InChI=1S/C28H25N9O/c1-2-20-21(18-13-17-5-3-4-6-19(17)33-14-18)22-23(30)34-16-35-25(22)37(20)28-9-7-27(15-28,8-10-28)36-26(38)24(31)32-12-11-29/h1,3-6,11-14,16,29,31H,7-10,15H2,(H,36,38)(H2,30,34,35). The van der Waals surface area contributed by atoms with Crippen LogP contribution in [0, 0.1) is 23.2 Å². The summed E-state index contributed by atoms with van der Waals surface area (Å²) in [6, 6.07) is 9.94. The van der Waals surface area contributed by atoms with Gasteiger partial charge in [-0.25, -0.2) is 15.0 Å². The summed E-state index contributed by atoms with van der Waals surface area (Å²) in [6.07, 6.45) is 15.2. The highest BCUT2D eigenvalue weighted by atomic mass is 16.2. The summed E-state index contributed by atoms with van der Waals surface area (Å²) in [7, 11) is 0. The molecule has 3 aromatic heterocycles. The second-order valence-electron chi connectivity index (χ2n) is 10.0. The van der Waals surface area contributed by atoms with Crippen molar-refractivity contribution < 1.29 is 4.79 Å². The molecule has 2 aliphatic rings. The summed E-state index contributed by atoms with van der Waals surface area (Å²) in [5.74, 6) is 2.30. The van der Waals surface area contributed by atoms with Gasteiger partial charge in [0, 0.05) is 46.2 Å². The smallest absolute Gasteiger partial charge is 0.288 e. The minimum atomic E-state index is -0.551. The predicted octanol–water partition coefficient (Wildman–Crippen LogP) is 3.44. The van der Waals surface area contributed by atoms with Crippen molar-refractivity contribution in [1.82, 2.24) is 24.8 Å². The molecule has 0 unspecified atom stereocenters. The molecule has 2 fully saturated rings. The lowest BCUT2D eigenvalue weighted by molar-refractivity contribution is -0.116. The molecule has 1 aromatic carbocycles. The van der Waals surface area contributed by atoms with E-state index in [-0.39, 0.29) is 5.54 Å². The number of benzene rings is 1. The van der Waals surface area contributed by atoms with Crippen LogP contribution in [0.1, 0.15) is 37.8 Å². The van der Waals surface area contributed by atoms with E-state index < -0.39 is 17.3 Å². The third-order valence-corrected chi connectivity index (χ3v) is 7.95. The molecular weight excluding hydrogens is 478 g/mol. The number of nitrogens with one attached hydrogen (secondary N) is 3. The summed E-state index contributed by atoms with van der Waals surface area (Å²) in [5, 5.41) is 19.7. The SMILES string of the molecule is C#Cc1c(-c2cnc3ccccc3c2)c2c(N)ncnc2n1C12CCC(NC(=O)C(=N)N=CC=N)(CC1)C2. The third-order valence-electron chi connectivity index (χ3n) is 7.95. The van der Waals surface area contributed by atoms with Gasteiger partial charge >= 0.3 is 0 Å². The van der Waals surface area contributed by atoms with Crippen LogP contribution in [-0.4, -0.2) is 49.2 Å². The van der Waals surface area contributed by atoms with Gasteiger partial charge in [-0.2, -0.15) is 0 Å². The number of carbonyl (C=O) groups excluding carboxylic acids is 1. The van der Waals surface area contributed by atoms with E-state index in [1.54, 1.807) is 6.20 Å². The van der Waals surface area contributed by atoms with E-state index in [4.69, 9.17) is 23.0 Å². The molecule has 5 N–H and O–H groups in total. The monoisotopic (exact) mass is 503 g/mol. The quantitative estimate of drug-likeness (QED) is 0.190. The number of amides is 1. The predicted molar refractivity (Wildman–Crippen MR) is 148 cm³/mol. The summed E-state index contributed by atoms with van der Waals surface area (Å²) in [6.45, 7) is 0. The Morgan fingerprint density at radius 2 is 2.00 bits per heavy atom. The van der Waals surface area contributed by atoms with Crippen molar-refractivity contribution in [2.24, 2.45) is 4.99 Å². The maximum Gasteiger partial charge on any atom is 0.288 e. The molecule has 4 aromatic rings. The molecule has 10 nitrogen and oxygen atoms in total. The van der Waals surface area contributed by atoms with Gasteiger partial charge in [0.15, 0.2) is 0 Å². The number of terminal acetylenes is 1. The average molecular weight is 504 g/mol. The molecule has 2 saturated carbocycles. The number of aromatic nitrogens is 4. The zero-order valence-corrected chi connectivity index (χ0v) is 20.5. The number of nitrogen functional groups attached to an aromatic ring is 1. The highest BCUT2D eigenvalue weighted by Gasteiger charge is 2.57. The summed E-state index contributed by atoms with van der Waals surface area (Å²) in [5.41, 5.74) is 9.42. The van der Waals surface area contributed by atoms with Gasteiger partial charge in [0.05, 0.1) is 10.9 Å². The summed E-state index contributed by atoms with van der Waals surface area (Å²) >= 11 is 0. The van der Waals surface area contributed by atoms with Crippen molar-refractivity contribution in [3.8, 4) is 23.5 Å². The van der Waals surface area contributed by atoms with Crippen LogP contribution in [0.5, 0.6) is 0 Å². The Balaban J connectivity index is 1.48. The van der Waals surface area contributed by atoms with Gasteiger partial charge in [-0.1, -0.05) is 24.1 Å². The van der Waals surface area contributed by atoms with Gasteiger partial charge in [-0.15, -0.1) is 6.42 Å². The molecule has 2 bridgehead atoms. The largest absolute Gasteiger partial charge is 0.383 e. The zero-order chi connectivity index (χ0) is 26.5. The average Bonchev–Trinajstić information content (AvgIpc) is 3.60. The van der Waals surface area contributed by atoms with E-state index in [0.717, 1.165) is 60.1 Å². The molecule has 0 atom stereocenters. The van der Waals surface area contributed by atoms with Crippen LogP contribution in [-0.2, 0) is 10.3 Å². The second-order valence-corrected chi connectivity index (χ2v) is 10.0. The molecule has 6 rings (SSSR count). The summed E-state index contributed by atoms with van der Waals surface area (Å²) in [4.78, 5) is 30.0. The number of hydrogen-bond acceptors (Lipinski definition) is 7. The van der Waals surface area contributed by atoms with Crippen LogP contribution >= 0.6 is 0 Å². The molecule has 10 heteroatoms. The number of carbonyl (C=O) groups is 1. The molecule has 3 heterocycles. The van der Waals surface area contributed by atoms with Crippen molar-refractivity contribution in [2.75, 3.05) is 5.73 Å². The van der Waals surface area contributed by atoms with Crippen molar-refractivity contribution in [3.05, 3.63) is 48.5 Å². The first-order chi connectivity index (χ1) is 18.4. The molecular formula is C28H25N9O. The third kappa shape index (κ3) is 3.47. The van der Waals surface area contributed by atoms with E-state index in [2.05, 4.69) is 41.8 Å². The first kappa shape index (κ1) is 23.5. The fraction of sp³-hybridized carbons (Fsp3) is 0.250. The first-order valence-electron chi connectivity index (χ1n) is 12.3. The molecule has 0 spiro atoms. The van der Waals surface area contributed by atoms with Gasteiger partial charge in [-0.3, -0.25) is 15.2 Å². The minimum absolute atomic E-state index is 0.345. The normalized spacial score (nSPS) is 22.2. The Hall–Kier alpha value is -4.91. The van der Waals surface area contributed by atoms with Gasteiger partial charge < -0.3 is 21.0 Å². The van der Waals surface area contributed by atoms with Crippen LogP contribution in [0.3, 0.4) is 0 Å². The molecule has 188 valence electrons. The van der Waals surface area contributed by atoms with Crippen molar-refractivity contribution in [2.45, 2.75) is 43.2 Å². The first-order valence-corrected chi connectivity index (χ1v) is 12.3. The highest BCUT2D eigenvalue weighted by Crippen LogP contribution is 2.57. The minimum Gasteiger partial charge on any atom is -0.383 e. The van der Waals surface area contributed by atoms with Gasteiger partial charge in [0.1, 0.15) is 23.5 Å². The highest BCUT2D eigenvalue weighted by molar-refractivity contribution is 6.39. The molecule has 38 heavy (non-hydrogen) atoms. The van der Waals surface area contributed by atoms with Gasteiger partial charge in [0.2, 0.25) is 5.84 Å². The van der Waals surface area contributed by atoms with Gasteiger partial charge in [-0.05, 0) is 44.2 Å². The number of amidine groups is 1. The van der Waals surface area contributed by atoms with E-state index in [1.165, 1.54) is 6.33 Å². The van der Waals surface area contributed by atoms with Gasteiger partial charge in [0.25, 0.3) is 5.91 Å². The Kier molecular flexibility index (Phi) is 5.31. The Labute approximate surface area is 218 Å². The molecule has 1 amide bonds. The number of hydrogen-bond donors (Lipinski definition) is 4. The van der Waals surface area contributed by atoms with Crippen molar-refractivity contribution in [1.29, 1.82) is 10.8 Å². The van der Waals surface area contributed by atoms with Crippen molar-refractivity contribution >= 4 is 51.9 Å². The lowest BCUT2D eigenvalue weighted by atomic mass is 9.90. The fourth-order valence-corrected chi connectivity index (χ4v) is 6.34. The second kappa shape index (κ2) is 8.59. The number of rotatable bonds is 4. The van der Waals surface area contributed by atoms with E-state index in [0.29, 0.717) is 29.0 Å². The van der Waals surface area contributed by atoms with Crippen LogP contribution in [0.15, 0.2) is 47.8 Å². The van der Waals surface area contributed by atoms with Crippen LogP contribution in [0.25, 0.3) is 33.1 Å². The van der Waals surface area contributed by atoms with Crippen LogP contribution in [0.2, 0.25) is 0 Å². The van der Waals surface area contributed by atoms with E-state index in [9.17, 15) is 4.79 Å². The van der Waals surface area contributed by atoms with E-state index >= 15 is 0 Å². The topological polar surface area (TPSA) is 159 Å². The lowest BCUT2D eigenvalue weighted by Crippen LogP contribution is -2.47. The number of para-hydroxylation sites is 1. The molecule has 2 aliphatic carbocycles. The number of anilines is 1. The van der Waals surface area contributed by atoms with Crippen LogP contribution in [0.4, 0.5) is 5.82 Å². The molecule has 0 aliphatic heterocycles. The number of pyridine rings is 1. The summed E-state index contributed by atoms with van der Waals surface area (Å²) < 4.78 is 2.13. The number of nitrogens with two attached hydrogens (primary N) is 1. The maximum atomic E-state index is 12.7. The Morgan fingerprint density at radius 3 is 2.76 bits per heavy atom. The van der Waals surface area contributed by atoms with Crippen LogP contribution < -0.4 is 11.1 Å². The molecule has 0 radical (unpaired) electrons. The Morgan fingerprint density at radius 1 is 1.21 bits per heavy atom. The van der Waals surface area contributed by atoms with E-state index in [1.807, 2.05) is 24.3 Å². The number of nitrogens with zero attached hydrogens (tertiary/aromatic N) is 5. The molecule has 0 saturated heterocycles. The maximum absolute atomic E-state index is 12.7. The zero-order valence-electron chi connectivity index (χ0n) is 20.5. The Bertz CT molecular complexity index is 1720.